The molecule has 0 heterocycles. The van der Waals surface area contributed by atoms with Gasteiger partial charge in [0.15, 0.2) is 0 Å². The van der Waals surface area contributed by atoms with Crippen LogP contribution in [0.3, 0.4) is 0 Å². The van der Waals surface area contributed by atoms with Crippen LogP contribution in [0.15, 0.2) is 42.5 Å². The van der Waals surface area contributed by atoms with Crippen LogP contribution >= 0.6 is 0 Å². The van der Waals surface area contributed by atoms with Gasteiger partial charge in [-0.05, 0) is 5.56 Å². The lowest BCUT2D eigenvalue weighted by Gasteiger charge is -2.19. The largest absolute Gasteiger partial charge is 0.193 e. The maximum absolute atomic E-state index is 8.44. The van der Waals surface area contributed by atoms with E-state index in [4.69, 9.17) is 5.26 Å². The molecule has 0 fully saturated rings. The van der Waals surface area contributed by atoms with Crippen LogP contribution in [0.5, 0.6) is 0 Å². The van der Waals surface area contributed by atoms with Crippen molar-refractivity contribution in [3.63, 3.8) is 0 Å². The summed E-state index contributed by atoms with van der Waals surface area (Å²) in [6.45, 7) is 4.19. The summed E-state index contributed by atoms with van der Waals surface area (Å²) >= 11 is 0. The molecule has 0 aliphatic heterocycles. The highest BCUT2D eigenvalue weighted by Gasteiger charge is 2.15. The standard InChI is InChI=1S/C12H13N/c1-12(2,9-6-10-13)11-7-4-3-5-8-11/h3-9H,1-2H3/b9-6-. The quantitative estimate of drug-likeness (QED) is 0.627. The Labute approximate surface area is 79.3 Å². The molecule has 13 heavy (non-hydrogen) atoms. The van der Waals surface area contributed by atoms with E-state index in [-0.39, 0.29) is 5.41 Å². The molecule has 0 spiro atoms. The van der Waals surface area contributed by atoms with Crippen LogP contribution in [0, 0.1) is 11.3 Å². The van der Waals surface area contributed by atoms with E-state index in [2.05, 4.69) is 26.0 Å². The molecule has 1 nitrogen and oxygen atoms in total. The molecule has 0 aromatic heterocycles. The summed E-state index contributed by atoms with van der Waals surface area (Å²) in [5.41, 5.74) is 1.17. The first-order chi connectivity index (χ1) is 6.17. The summed E-state index contributed by atoms with van der Waals surface area (Å²) in [6, 6.07) is 12.2. The fourth-order valence-corrected chi connectivity index (χ4v) is 1.21. The predicted molar refractivity (Wildman–Crippen MR) is 54.2 cm³/mol. The van der Waals surface area contributed by atoms with Crippen molar-refractivity contribution in [1.29, 1.82) is 5.26 Å². The van der Waals surface area contributed by atoms with Crippen molar-refractivity contribution < 1.29 is 0 Å². The van der Waals surface area contributed by atoms with Crippen molar-refractivity contribution in [2.24, 2.45) is 0 Å². The van der Waals surface area contributed by atoms with Gasteiger partial charge in [-0.15, -0.1) is 0 Å². The molecule has 0 aliphatic carbocycles. The molecule has 1 heteroatoms. The van der Waals surface area contributed by atoms with E-state index in [1.54, 1.807) is 0 Å². The first-order valence-electron chi connectivity index (χ1n) is 4.29. The second-order valence-electron chi connectivity index (χ2n) is 3.55. The topological polar surface area (TPSA) is 23.8 Å². The minimum Gasteiger partial charge on any atom is -0.193 e. The number of nitriles is 1. The Balaban J connectivity index is 2.95. The molecule has 1 aromatic carbocycles. The molecular formula is C12H13N. The monoisotopic (exact) mass is 171 g/mol. The fraction of sp³-hybridized carbons (Fsp3) is 0.250. The number of allylic oxidation sites excluding steroid dienone is 2. The van der Waals surface area contributed by atoms with Gasteiger partial charge in [-0.1, -0.05) is 50.3 Å². The molecule has 0 saturated heterocycles. The Morgan fingerprint density at radius 3 is 2.38 bits per heavy atom. The van der Waals surface area contributed by atoms with Gasteiger partial charge in [0, 0.05) is 11.5 Å². The third kappa shape index (κ3) is 2.45. The van der Waals surface area contributed by atoms with Crippen molar-refractivity contribution in [2.45, 2.75) is 19.3 Å². The summed E-state index contributed by atoms with van der Waals surface area (Å²) < 4.78 is 0. The van der Waals surface area contributed by atoms with Crippen LogP contribution in [0.1, 0.15) is 19.4 Å². The van der Waals surface area contributed by atoms with E-state index in [1.165, 1.54) is 11.6 Å². The van der Waals surface area contributed by atoms with Gasteiger partial charge < -0.3 is 0 Å². The van der Waals surface area contributed by atoms with Crippen molar-refractivity contribution in [2.75, 3.05) is 0 Å². The number of rotatable bonds is 2. The smallest absolute Gasteiger partial charge is 0.0909 e. The Bertz CT molecular complexity index is 328. The maximum atomic E-state index is 8.44. The molecule has 1 rings (SSSR count). The maximum Gasteiger partial charge on any atom is 0.0909 e. The average molecular weight is 171 g/mol. The van der Waals surface area contributed by atoms with Gasteiger partial charge in [-0.25, -0.2) is 0 Å². The predicted octanol–water partition coefficient (Wildman–Crippen LogP) is 3.04. The fourth-order valence-electron chi connectivity index (χ4n) is 1.21. The molecule has 0 amide bonds. The second kappa shape index (κ2) is 3.91. The van der Waals surface area contributed by atoms with Crippen molar-refractivity contribution in [1.82, 2.24) is 0 Å². The Hall–Kier alpha value is -1.55. The van der Waals surface area contributed by atoms with E-state index >= 15 is 0 Å². The van der Waals surface area contributed by atoms with Crippen LogP contribution in [0.2, 0.25) is 0 Å². The molecule has 0 saturated carbocycles. The first kappa shape index (κ1) is 9.54. The van der Waals surface area contributed by atoms with E-state index in [1.807, 2.05) is 30.3 Å². The van der Waals surface area contributed by atoms with E-state index < -0.39 is 0 Å². The normalized spacial score (nSPS) is 11.5. The summed E-state index contributed by atoms with van der Waals surface area (Å²) in [4.78, 5) is 0. The van der Waals surface area contributed by atoms with E-state index in [0.717, 1.165) is 0 Å². The van der Waals surface area contributed by atoms with Crippen molar-refractivity contribution >= 4 is 0 Å². The third-order valence-corrected chi connectivity index (χ3v) is 2.09. The zero-order valence-electron chi connectivity index (χ0n) is 7.99. The lowest BCUT2D eigenvalue weighted by Crippen LogP contribution is -2.12. The minimum atomic E-state index is -0.0585. The van der Waals surface area contributed by atoms with Crippen molar-refractivity contribution in [3.8, 4) is 6.07 Å². The van der Waals surface area contributed by atoms with Gasteiger partial charge in [0.2, 0.25) is 0 Å². The highest BCUT2D eigenvalue weighted by molar-refractivity contribution is 5.29. The first-order valence-corrected chi connectivity index (χ1v) is 4.29. The summed E-state index contributed by atoms with van der Waals surface area (Å²) in [7, 11) is 0. The lowest BCUT2D eigenvalue weighted by molar-refractivity contribution is 0.670. The lowest BCUT2D eigenvalue weighted by atomic mass is 9.84. The average Bonchev–Trinajstić information content (AvgIpc) is 2.16. The van der Waals surface area contributed by atoms with Gasteiger partial charge in [-0.2, -0.15) is 5.26 Å². The number of benzene rings is 1. The highest BCUT2D eigenvalue weighted by atomic mass is 14.2. The Morgan fingerprint density at radius 1 is 1.23 bits per heavy atom. The van der Waals surface area contributed by atoms with Gasteiger partial charge in [0.25, 0.3) is 0 Å². The molecule has 0 N–H and O–H groups in total. The van der Waals surface area contributed by atoms with Crippen LogP contribution < -0.4 is 0 Å². The van der Waals surface area contributed by atoms with Gasteiger partial charge in [0.05, 0.1) is 6.07 Å². The van der Waals surface area contributed by atoms with E-state index in [0.29, 0.717) is 0 Å². The van der Waals surface area contributed by atoms with Crippen LogP contribution in [0.25, 0.3) is 0 Å². The Kier molecular flexibility index (Phi) is 2.87. The number of hydrogen-bond acceptors (Lipinski definition) is 1. The van der Waals surface area contributed by atoms with Crippen LogP contribution in [-0.2, 0) is 5.41 Å². The Morgan fingerprint density at radius 2 is 1.85 bits per heavy atom. The molecule has 66 valence electrons. The van der Waals surface area contributed by atoms with E-state index in [9.17, 15) is 0 Å². The van der Waals surface area contributed by atoms with Crippen molar-refractivity contribution in [3.05, 3.63) is 48.0 Å². The molecule has 0 atom stereocenters. The van der Waals surface area contributed by atoms with Gasteiger partial charge >= 0.3 is 0 Å². The molecule has 0 unspecified atom stereocenters. The summed E-state index contributed by atoms with van der Waals surface area (Å²) in [5, 5.41) is 8.44. The highest BCUT2D eigenvalue weighted by Crippen LogP contribution is 2.23. The summed E-state index contributed by atoms with van der Waals surface area (Å²) in [6.07, 6.45) is 3.45. The summed E-state index contributed by atoms with van der Waals surface area (Å²) in [5.74, 6) is 0. The second-order valence-corrected chi connectivity index (χ2v) is 3.55. The third-order valence-electron chi connectivity index (χ3n) is 2.09. The van der Waals surface area contributed by atoms with Gasteiger partial charge in [-0.3, -0.25) is 0 Å². The minimum absolute atomic E-state index is 0.0585. The molecular weight excluding hydrogens is 158 g/mol. The number of hydrogen-bond donors (Lipinski definition) is 0. The van der Waals surface area contributed by atoms with Crippen LogP contribution in [-0.4, -0.2) is 0 Å². The molecule has 0 bridgehead atoms. The zero-order valence-corrected chi connectivity index (χ0v) is 7.99. The SMILES string of the molecule is CC(C)(/C=C\C#N)c1ccccc1. The number of nitrogens with zero attached hydrogens (tertiary/aromatic N) is 1. The zero-order chi connectivity index (χ0) is 9.73. The van der Waals surface area contributed by atoms with Gasteiger partial charge in [0.1, 0.15) is 0 Å². The molecule has 1 aromatic rings. The van der Waals surface area contributed by atoms with Crippen LogP contribution in [0.4, 0.5) is 0 Å². The molecule has 0 aliphatic rings. The molecule has 0 radical (unpaired) electrons.